The lowest BCUT2D eigenvalue weighted by molar-refractivity contribution is -0.123. The van der Waals surface area contributed by atoms with Crippen molar-refractivity contribution in [2.24, 2.45) is 11.7 Å². The Hall–Kier alpha value is -2.38. The van der Waals surface area contributed by atoms with Crippen LogP contribution in [0, 0.1) is 5.92 Å². The molecule has 0 saturated carbocycles. The van der Waals surface area contributed by atoms with Crippen molar-refractivity contribution >= 4 is 28.8 Å². The third kappa shape index (κ3) is 5.08. The van der Waals surface area contributed by atoms with Gasteiger partial charge in [0.2, 0.25) is 11.8 Å². The molecule has 1 aliphatic rings. The minimum Gasteiger partial charge on any atom is -0.497 e. The van der Waals surface area contributed by atoms with Crippen molar-refractivity contribution in [3.63, 3.8) is 0 Å². The van der Waals surface area contributed by atoms with Crippen LogP contribution >= 0.6 is 11.3 Å². The molecule has 0 atom stereocenters. The van der Waals surface area contributed by atoms with Crippen LogP contribution in [0.4, 0.5) is 5.69 Å². The van der Waals surface area contributed by atoms with Crippen molar-refractivity contribution in [3.8, 4) is 5.75 Å². The number of ether oxygens (including phenoxy) is 1. The molecule has 2 heterocycles. The molecule has 27 heavy (non-hydrogen) atoms. The minimum atomic E-state index is -0.237. The fourth-order valence-corrected chi connectivity index (χ4v) is 3.99. The lowest BCUT2D eigenvalue weighted by Gasteiger charge is -2.32. The standard InChI is InChI=1S/C20H25N3O3S/c1-26-17-6-4-16(5-7-17)23(13-18-3-2-12-27-18)19(24)14-22-10-8-15(9-11-22)20(21)25/h2-7,12,15H,8-11,13-14H2,1H3,(H2,21,25). The Labute approximate surface area is 163 Å². The molecule has 0 radical (unpaired) electrons. The summed E-state index contributed by atoms with van der Waals surface area (Å²) in [5.74, 6) is 0.501. The van der Waals surface area contributed by atoms with E-state index in [9.17, 15) is 9.59 Å². The van der Waals surface area contributed by atoms with Gasteiger partial charge in [-0.3, -0.25) is 14.5 Å². The molecule has 0 aliphatic carbocycles. The molecular weight excluding hydrogens is 362 g/mol. The number of nitrogens with two attached hydrogens (primary N) is 1. The first kappa shape index (κ1) is 19.4. The summed E-state index contributed by atoms with van der Waals surface area (Å²) < 4.78 is 5.22. The van der Waals surface area contributed by atoms with Gasteiger partial charge in [0.05, 0.1) is 20.2 Å². The lowest BCUT2D eigenvalue weighted by atomic mass is 9.96. The largest absolute Gasteiger partial charge is 0.497 e. The van der Waals surface area contributed by atoms with Gasteiger partial charge >= 0.3 is 0 Å². The maximum absolute atomic E-state index is 13.1. The summed E-state index contributed by atoms with van der Waals surface area (Å²) in [4.78, 5) is 29.4. The van der Waals surface area contributed by atoms with Crippen molar-refractivity contribution in [3.05, 3.63) is 46.7 Å². The Kier molecular flexibility index (Phi) is 6.47. The SMILES string of the molecule is COc1ccc(N(Cc2cccs2)C(=O)CN2CCC(C(N)=O)CC2)cc1. The summed E-state index contributed by atoms with van der Waals surface area (Å²) in [6.45, 7) is 2.31. The number of piperidine rings is 1. The van der Waals surface area contributed by atoms with E-state index in [-0.39, 0.29) is 17.7 Å². The molecule has 0 unspecified atom stereocenters. The number of carbonyl (C=O) groups is 2. The highest BCUT2D eigenvalue weighted by molar-refractivity contribution is 7.09. The molecule has 2 amide bonds. The van der Waals surface area contributed by atoms with E-state index in [1.54, 1.807) is 18.4 Å². The van der Waals surface area contributed by atoms with Crippen LogP contribution in [0.5, 0.6) is 5.75 Å². The minimum absolute atomic E-state index is 0.0473. The van der Waals surface area contributed by atoms with Crippen LogP contribution in [0.25, 0.3) is 0 Å². The van der Waals surface area contributed by atoms with Crippen LogP contribution in [0.15, 0.2) is 41.8 Å². The van der Waals surface area contributed by atoms with Gasteiger partial charge in [0.1, 0.15) is 5.75 Å². The lowest BCUT2D eigenvalue weighted by Crippen LogP contribution is -2.44. The van der Waals surface area contributed by atoms with E-state index in [2.05, 4.69) is 4.90 Å². The molecule has 1 fully saturated rings. The predicted octanol–water partition coefficient (Wildman–Crippen LogP) is 2.49. The van der Waals surface area contributed by atoms with Gasteiger partial charge in [0.15, 0.2) is 0 Å². The van der Waals surface area contributed by atoms with Gasteiger partial charge in [-0.2, -0.15) is 0 Å². The molecular formula is C20H25N3O3S. The molecule has 0 bridgehead atoms. The van der Waals surface area contributed by atoms with Gasteiger partial charge < -0.3 is 15.4 Å². The first-order valence-electron chi connectivity index (χ1n) is 9.05. The number of nitrogens with zero attached hydrogens (tertiary/aromatic N) is 2. The zero-order chi connectivity index (χ0) is 19.2. The van der Waals surface area contributed by atoms with Crippen molar-refractivity contribution in [2.45, 2.75) is 19.4 Å². The fraction of sp³-hybridized carbons (Fsp3) is 0.400. The molecule has 144 valence electrons. The number of thiophene rings is 1. The Bertz CT molecular complexity index is 753. The van der Waals surface area contributed by atoms with E-state index in [0.717, 1.165) is 42.2 Å². The van der Waals surface area contributed by atoms with Crippen LogP contribution in [-0.4, -0.2) is 43.5 Å². The average Bonchev–Trinajstić information content (AvgIpc) is 3.20. The quantitative estimate of drug-likeness (QED) is 0.792. The number of rotatable bonds is 7. The summed E-state index contributed by atoms with van der Waals surface area (Å²) in [7, 11) is 1.62. The number of hydrogen-bond acceptors (Lipinski definition) is 5. The van der Waals surface area contributed by atoms with Crippen LogP contribution in [0.2, 0.25) is 0 Å². The van der Waals surface area contributed by atoms with Crippen molar-refractivity contribution < 1.29 is 14.3 Å². The van der Waals surface area contributed by atoms with Gasteiger partial charge in [-0.05, 0) is 61.6 Å². The number of likely N-dealkylation sites (tertiary alicyclic amines) is 1. The molecule has 7 heteroatoms. The molecule has 3 rings (SSSR count). The average molecular weight is 388 g/mol. The first-order chi connectivity index (χ1) is 13.1. The second kappa shape index (κ2) is 9.01. The fourth-order valence-electron chi connectivity index (χ4n) is 3.30. The Morgan fingerprint density at radius 3 is 2.48 bits per heavy atom. The summed E-state index contributed by atoms with van der Waals surface area (Å²) in [5.41, 5.74) is 6.24. The number of carbonyl (C=O) groups excluding carboxylic acids is 2. The van der Waals surface area contributed by atoms with Gasteiger partial charge in [-0.15, -0.1) is 11.3 Å². The third-order valence-electron chi connectivity index (χ3n) is 4.93. The predicted molar refractivity (Wildman–Crippen MR) is 107 cm³/mol. The van der Waals surface area contributed by atoms with Crippen LogP contribution in [0.1, 0.15) is 17.7 Å². The van der Waals surface area contributed by atoms with E-state index in [1.807, 2.05) is 46.7 Å². The van der Waals surface area contributed by atoms with Crippen LogP contribution in [0.3, 0.4) is 0 Å². The summed E-state index contributed by atoms with van der Waals surface area (Å²) >= 11 is 1.64. The van der Waals surface area contributed by atoms with Crippen molar-refractivity contribution in [1.82, 2.24) is 4.90 Å². The van der Waals surface area contributed by atoms with Gasteiger partial charge in [-0.25, -0.2) is 0 Å². The highest BCUT2D eigenvalue weighted by Gasteiger charge is 2.26. The molecule has 2 N–H and O–H groups in total. The maximum Gasteiger partial charge on any atom is 0.241 e. The highest BCUT2D eigenvalue weighted by Crippen LogP contribution is 2.24. The molecule has 2 aromatic rings. The molecule has 1 aliphatic heterocycles. The molecule has 6 nitrogen and oxygen atoms in total. The van der Waals surface area contributed by atoms with Gasteiger partial charge in [0, 0.05) is 16.5 Å². The van der Waals surface area contributed by atoms with Gasteiger partial charge in [-0.1, -0.05) is 6.07 Å². The second-order valence-electron chi connectivity index (χ2n) is 6.71. The number of methoxy groups -OCH3 is 1. The summed E-state index contributed by atoms with van der Waals surface area (Å²) in [6, 6.07) is 11.6. The highest BCUT2D eigenvalue weighted by atomic mass is 32.1. The number of anilines is 1. The Balaban J connectivity index is 1.69. The maximum atomic E-state index is 13.1. The van der Waals surface area contributed by atoms with E-state index in [4.69, 9.17) is 10.5 Å². The van der Waals surface area contributed by atoms with Crippen LogP contribution in [-0.2, 0) is 16.1 Å². The van der Waals surface area contributed by atoms with E-state index >= 15 is 0 Å². The van der Waals surface area contributed by atoms with E-state index in [0.29, 0.717) is 13.1 Å². The van der Waals surface area contributed by atoms with Crippen LogP contribution < -0.4 is 15.4 Å². The summed E-state index contributed by atoms with van der Waals surface area (Å²) in [5, 5.41) is 2.01. The number of primary amides is 1. The normalized spacial score (nSPS) is 15.4. The topological polar surface area (TPSA) is 75.9 Å². The van der Waals surface area contributed by atoms with Crippen molar-refractivity contribution in [1.29, 1.82) is 0 Å². The summed E-state index contributed by atoms with van der Waals surface area (Å²) in [6.07, 6.45) is 1.44. The Morgan fingerprint density at radius 2 is 1.93 bits per heavy atom. The van der Waals surface area contributed by atoms with Gasteiger partial charge in [0.25, 0.3) is 0 Å². The monoisotopic (exact) mass is 387 g/mol. The zero-order valence-electron chi connectivity index (χ0n) is 15.5. The number of amides is 2. The smallest absolute Gasteiger partial charge is 0.241 e. The Morgan fingerprint density at radius 1 is 1.22 bits per heavy atom. The van der Waals surface area contributed by atoms with E-state index in [1.165, 1.54) is 0 Å². The first-order valence-corrected chi connectivity index (χ1v) is 9.93. The third-order valence-corrected chi connectivity index (χ3v) is 5.79. The van der Waals surface area contributed by atoms with E-state index < -0.39 is 0 Å². The molecule has 1 aromatic heterocycles. The number of benzene rings is 1. The number of hydrogen-bond donors (Lipinski definition) is 1. The zero-order valence-corrected chi connectivity index (χ0v) is 16.3. The molecule has 1 aromatic carbocycles. The molecule has 0 spiro atoms. The second-order valence-corrected chi connectivity index (χ2v) is 7.74. The van der Waals surface area contributed by atoms with Crippen molar-refractivity contribution in [2.75, 3.05) is 31.6 Å². The molecule has 1 saturated heterocycles.